The zero-order valence-electron chi connectivity index (χ0n) is 10.9. The summed E-state index contributed by atoms with van der Waals surface area (Å²) in [5.41, 5.74) is 1.62. The number of aryl methyl sites for hydroxylation is 1. The SMILES string of the molecule is Fc1cc2c(cc1Br)nc(CCCl)n2C1CCCOC1. The van der Waals surface area contributed by atoms with E-state index in [1.54, 1.807) is 12.1 Å². The molecule has 3 rings (SSSR count). The predicted octanol–water partition coefficient (Wildman–Crippen LogP) is 4.07. The minimum atomic E-state index is -0.271. The molecule has 1 aliphatic rings. The molecule has 2 heterocycles. The van der Waals surface area contributed by atoms with Crippen molar-refractivity contribution < 1.29 is 9.13 Å². The van der Waals surface area contributed by atoms with Crippen LogP contribution in [-0.4, -0.2) is 28.6 Å². The molecule has 0 amide bonds. The number of fused-ring (bicyclic) bond motifs is 1. The molecule has 6 heteroatoms. The molecule has 0 aliphatic carbocycles. The summed E-state index contributed by atoms with van der Waals surface area (Å²) in [6, 6.07) is 3.48. The standard InChI is InChI=1S/C14H15BrClFN2O/c15-10-6-12-13(7-11(10)17)19(14(18-12)3-4-16)9-2-1-5-20-8-9/h6-7,9H,1-5,8H2. The summed E-state index contributed by atoms with van der Waals surface area (Å²) in [4.78, 5) is 4.61. The van der Waals surface area contributed by atoms with E-state index in [-0.39, 0.29) is 11.9 Å². The van der Waals surface area contributed by atoms with Crippen molar-refractivity contribution in [3.63, 3.8) is 0 Å². The quantitative estimate of drug-likeness (QED) is 0.771. The van der Waals surface area contributed by atoms with E-state index in [1.165, 1.54) is 0 Å². The van der Waals surface area contributed by atoms with Crippen LogP contribution in [-0.2, 0) is 11.2 Å². The van der Waals surface area contributed by atoms with Crippen LogP contribution in [0, 0.1) is 5.82 Å². The summed E-state index contributed by atoms with van der Waals surface area (Å²) < 4.78 is 21.9. The van der Waals surface area contributed by atoms with Gasteiger partial charge in [0.15, 0.2) is 0 Å². The van der Waals surface area contributed by atoms with Gasteiger partial charge in [0.05, 0.1) is 28.2 Å². The van der Waals surface area contributed by atoms with Crippen LogP contribution < -0.4 is 0 Å². The topological polar surface area (TPSA) is 27.1 Å². The Morgan fingerprint density at radius 2 is 2.35 bits per heavy atom. The Labute approximate surface area is 130 Å². The van der Waals surface area contributed by atoms with Crippen LogP contribution in [0.25, 0.3) is 11.0 Å². The predicted molar refractivity (Wildman–Crippen MR) is 80.9 cm³/mol. The summed E-state index contributed by atoms with van der Waals surface area (Å²) in [7, 11) is 0. The second kappa shape index (κ2) is 6.00. The van der Waals surface area contributed by atoms with Crippen LogP contribution >= 0.6 is 27.5 Å². The second-order valence-corrected chi connectivity index (χ2v) is 6.20. The number of hydrogen-bond acceptors (Lipinski definition) is 2. The highest BCUT2D eigenvalue weighted by atomic mass is 79.9. The first-order chi connectivity index (χ1) is 9.70. The van der Waals surface area contributed by atoms with E-state index in [0.717, 1.165) is 36.3 Å². The molecule has 0 bridgehead atoms. The van der Waals surface area contributed by atoms with Crippen molar-refractivity contribution in [2.24, 2.45) is 0 Å². The fraction of sp³-hybridized carbons (Fsp3) is 0.500. The van der Waals surface area contributed by atoms with E-state index in [0.29, 0.717) is 23.4 Å². The third kappa shape index (κ3) is 2.59. The molecule has 0 spiro atoms. The van der Waals surface area contributed by atoms with Gasteiger partial charge in [0.2, 0.25) is 0 Å². The van der Waals surface area contributed by atoms with Gasteiger partial charge in [-0.15, -0.1) is 11.6 Å². The Morgan fingerprint density at radius 3 is 3.05 bits per heavy atom. The first-order valence-electron chi connectivity index (χ1n) is 6.70. The number of ether oxygens (including phenoxy) is 1. The lowest BCUT2D eigenvalue weighted by Crippen LogP contribution is -2.23. The van der Waals surface area contributed by atoms with Crippen LogP contribution in [0.15, 0.2) is 16.6 Å². The molecule has 0 radical (unpaired) electrons. The van der Waals surface area contributed by atoms with Crippen molar-refractivity contribution in [1.29, 1.82) is 0 Å². The maximum absolute atomic E-state index is 13.8. The molecule has 1 fully saturated rings. The Hall–Kier alpha value is -0.650. The Morgan fingerprint density at radius 1 is 1.50 bits per heavy atom. The highest BCUT2D eigenvalue weighted by Gasteiger charge is 2.22. The third-order valence-electron chi connectivity index (χ3n) is 3.62. The lowest BCUT2D eigenvalue weighted by Gasteiger charge is -2.25. The summed E-state index contributed by atoms with van der Waals surface area (Å²) in [5, 5.41) is 0. The number of halogens is 3. The smallest absolute Gasteiger partial charge is 0.139 e. The molecule has 1 aromatic heterocycles. The largest absolute Gasteiger partial charge is 0.379 e. The molecule has 1 aromatic carbocycles. The van der Waals surface area contributed by atoms with Crippen LogP contribution in [0.4, 0.5) is 4.39 Å². The molecule has 1 unspecified atom stereocenters. The Kier molecular flexibility index (Phi) is 4.29. The summed E-state index contributed by atoms with van der Waals surface area (Å²) in [6.45, 7) is 1.45. The number of alkyl halides is 1. The zero-order chi connectivity index (χ0) is 14.1. The monoisotopic (exact) mass is 360 g/mol. The summed E-state index contributed by atoms with van der Waals surface area (Å²) in [5.74, 6) is 1.14. The number of imidazole rings is 1. The molecule has 20 heavy (non-hydrogen) atoms. The Balaban J connectivity index is 2.14. The number of rotatable bonds is 3. The average molecular weight is 362 g/mol. The number of hydrogen-bond donors (Lipinski definition) is 0. The molecule has 3 nitrogen and oxygen atoms in total. The zero-order valence-corrected chi connectivity index (χ0v) is 13.3. The summed E-state index contributed by atoms with van der Waals surface area (Å²) >= 11 is 9.08. The molecule has 1 aliphatic heterocycles. The highest BCUT2D eigenvalue weighted by Crippen LogP contribution is 2.30. The molecular formula is C14H15BrClFN2O. The van der Waals surface area contributed by atoms with Crippen molar-refractivity contribution in [2.75, 3.05) is 19.1 Å². The normalized spacial score (nSPS) is 19.6. The first kappa shape index (κ1) is 14.3. The van der Waals surface area contributed by atoms with Crippen LogP contribution in [0.3, 0.4) is 0 Å². The average Bonchev–Trinajstić information content (AvgIpc) is 2.78. The Bertz CT molecular complexity index is 625. The fourth-order valence-electron chi connectivity index (χ4n) is 2.74. The van der Waals surface area contributed by atoms with Crippen molar-refractivity contribution in [3.05, 3.63) is 28.2 Å². The van der Waals surface area contributed by atoms with Crippen molar-refractivity contribution in [1.82, 2.24) is 9.55 Å². The van der Waals surface area contributed by atoms with Gasteiger partial charge in [-0.3, -0.25) is 0 Å². The van der Waals surface area contributed by atoms with E-state index >= 15 is 0 Å². The first-order valence-corrected chi connectivity index (χ1v) is 8.03. The van der Waals surface area contributed by atoms with E-state index < -0.39 is 0 Å². The summed E-state index contributed by atoms with van der Waals surface area (Å²) in [6.07, 6.45) is 2.72. The third-order valence-corrected chi connectivity index (χ3v) is 4.42. The van der Waals surface area contributed by atoms with Crippen molar-refractivity contribution in [2.45, 2.75) is 25.3 Å². The molecule has 2 aromatic rings. The molecule has 1 atom stereocenters. The van der Waals surface area contributed by atoms with Gasteiger partial charge in [0.25, 0.3) is 0 Å². The van der Waals surface area contributed by atoms with E-state index in [1.807, 2.05) is 0 Å². The van der Waals surface area contributed by atoms with Gasteiger partial charge >= 0.3 is 0 Å². The molecule has 108 valence electrons. The van der Waals surface area contributed by atoms with Crippen molar-refractivity contribution in [3.8, 4) is 0 Å². The number of benzene rings is 1. The van der Waals surface area contributed by atoms with Crippen LogP contribution in [0.1, 0.15) is 24.7 Å². The molecular weight excluding hydrogens is 347 g/mol. The van der Waals surface area contributed by atoms with Gasteiger partial charge in [-0.25, -0.2) is 9.37 Å². The van der Waals surface area contributed by atoms with Gasteiger partial charge in [-0.2, -0.15) is 0 Å². The van der Waals surface area contributed by atoms with Gasteiger partial charge in [-0.1, -0.05) is 0 Å². The van der Waals surface area contributed by atoms with Gasteiger partial charge < -0.3 is 9.30 Å². The fourth-order valence-corrected chi connectivity index (χ4v) is 3.24. The van der Waals surface area contributed by atoms with Gasteiger partial charge in [0.1, 0.15) is 11.6 Å². The van der Waals surface area contributed by atoms with Gasteiger partial charge in [-0.05, 0) is 34.8 Å². The lowest BCUT2D eigenvalue weighted by atomic mass is 10.1. The minimum absolute atomic E-state index is 0.215. The van der Waals surface area contributed by atoms with Crippen LogP contribution in [0.5, 0.6) is 0 Å². The second-order valence-electron chi connectivity index (χ2n) is 4.96. The molecule has 0 N–H and O–H groups in total. The van der Waals surface area contributed by atoms with E-state index in [2.05, 4.69) is 25.5 Å². The van der Waals surface area contributed by atoms with Crippen LogP contribution in [0.2, 0.25) is 0 Å². The number of nitrogens with zero attached hydrogens (tertiary/aromatic N) is 2. The highest BCUT2D eigenvalue weighted by molar-refractivity contribution is 9.10. The van der Waals surface area contributed by atoms with Crippen molar-refractivity contribution >= 4 is 38.6 Å². The van der Waals surface area contributed by atoms with E-state index in [4.69, 9.17) is 16.3 Å². The molecule has 0 saturated carbocycles. The minimum Gasteiger partial charge on any atom is -0.379 e. The molecule has 1 saturated heterocycles. The van der Waals surface area contributed by atoms with E-state index in [9.17, 15) is 4.39 Å². The maximum atomic E-state index is 13.8. The number of aromatic nitrogens is 2. The maximum Gasteiger partial charge on any atom is 0.139 e. The van der Waals surface area contributed by atoms with Gasteiger partial charge in [0, 0.05) is 25.0 Å². The lowest BCUT2D eigenvalue weighted by molar-refractivity contribution is 0.0596.